The molecule has 1 aromatic carbocycles. The number of methoxy groups -OCH3 is 3. The van der Waals surface area contributed by atoms with Gasteiger partial charge >= 0.3 is 5.97 Å². The van der Waals surface area contributed by atoms with Crippen LogP contribution in [0.5, 0.6) is 11.5 Å². The maximum absolute atomic E-state index is 12.4. The molecule has 0 amide bonds. The molecule has 0 atom stereocenters. The van der Waals surface area contributed by atoms with E-state index in [2.05, 4.69) is 25.4 Å². The number of carbonyl (C=O) groups excluding carboxylic acids is 1. The Morgan fingerprint density at radius 1 is 1.16 bits per heavy atom. The zero-order valence-corrected chi connectivity index (χ0v) is 17.6. The van der Waals surface area contributed by atoms with Gasteiger partial charge in [0.25, 0.3) is 5.89 Å². The molecule has 4 aromatic rings. The molecule has 0 unspecified atom stereocenters. The number of benzene rings is 1. The second kappa shape index (κ2) is 8.79. The number of hydrogen-bond donors (Lipinski definition) is 1. The first-order valence-electron chi connectivity index (χ1n) is 8.92. The third-order valence-electron chi connectivity index (χ3n) is 4.33. The first-order valence-corrected chi connectivity index (χ1v) is 9.87. The molecule has 0 fully saturated rings. The summed E-state index contributed by atoms with van der Waals surface area (Å²) in [5.41, 5.74) is 1.93. The van der Waals surface area contributed by atoms with E-state index < -0.39 is 5.97 Å². The summed E-state index contributed by atoms with van der Waals surface area (Å²) in [5, 5.41) is 11.0. The molecule has 1 N–H and O–H groups in total. The minimum absolute atomic E-state index is 0.226. The first kappa shape index (κ1) is 20.3. The molecule has 158 valence electrons. The normalized spacial score (nSPS) is 10.5. The Morgan fingerprint density at radius 2 is 1.97 bits per heavy atom. The van der Waals surface area contributed by atoms with Gasteiger partial charge in [-0.05, 0) is 11.4 Å². The van der Waals surface area contributed by atoms with Crippen molar-refractivity contribution in [2.24, 2.45) is 0 Å². The van der Waals surface area contributed by atoms with E-state index in [-0.39, 0.29) is 11.5 Å². The van der Waals surface area contributed by atoms with Crippen LogP contribution >= 0.6 is 11.3 Å². The average Bonchev–Trinajstić information content (AvgIpc) is 3.50. The van der Waals surface area contributed by atoms with Crippen molar-refractivity contribution < 1.29 is 23.5 Å². The number of thiophene rings is 1. The van der Waals surface area contributed by atoms with Crippen LogP contribution in [-0.2, 0) is 4.74 Å². The number of carbonyl (C=O) groups is 1. The van der Waals surface area contributed by atoms with Gasteiger partial charge in [-0.3, -0.25) is 0 Å². The van der Waals surface area contributed by atoms with Crippen molar-refractivity contribution in [3.05, 3.63) is 47.0 Å². The molecule has 0 aliphatic carbocycles. The fourth-order valence-corrected chi connectivity index (χ4v) is 3.45. The predicted octanol–water partition coefficient (Wildman–Crippen LogP) is 3.80. The fourth-order valence-electron chi connectivity index (χ4n) is 2.82. The number of nitrogens with zero attached hydrogens (tertiary/aromatic N) is 4. The summed E-state index contributed by atoms with van der Waals surface area (Å²) < 4.78 is 21.0. The lowest BCUT2D eigenvalue weighted by atomic mass is 10.1. The standard InChI is InChI=1S/C20H17N5O5S/c1-27-15-6-12(20(26)29-3)14(7-16(15)28-2)23-18-13(8-21-10-22-18)19-24-17(25-30-19)11-4-5-31-9-11/h4-10H,1-3H3,(H,21,22,23). The van der Waals surface area contributed by atoms with Crippen molar-refractivity contribution in [2.75, 3.05) is 26.6 Å². The van der Waals surface area contributed by atoms with E-state index in [1.165, 1.54) is 45.1 Å². The molecular weight excluding hydrogens is 422 g/mol. The second-order valence-corrected chi connectivity index (χ2v) is 6.87. The van der Waals surface area contributed by atoms with Crippen molar-refractivity contribution in [3.8, 4) is 34.3 Å². The second-order valence-electron chi connectivity index (χ2n) is 6.09. The zero-order chi connectivity index (χ0) is 21.8. The molecule has 4 rings (SSSR count). The third kappa shape index (κ3) is 4.03. The van der Waals surface area contributed by atoms with Gasteiger partial charge in [-0.15, -0.1) is 0 Å². The fraction of sp³-hybridized carbons (Fsp3) is 0.150. The highest BCUT2D eigenvalue weighted by atomic mass is 32.1. The van der Waals surface area contributed by atoms with Gasteiger partial charge in [0.2, 0.25) is 5.82 Å². The molecule has 0 bridgehead atoms. The number of rotatable bonds is 7. The monoisotopic (exact) mass is 439 g/mol. The molecule has 11 heteroatoms. The van der Waals surface area contributed by atoms with E-state index in [4.69, 9.17) is 18.7 Å². The van der Waals surface area contributed by atoms with E-state index in [0.717, 1.165) is 5.56 Å². The van der Waals surface area contributed by atoms with Crippen molar-refractivity contribution in [1.29, 1.82) is 0 Å². The SMILES string of the molecule is COC(=O)c1cc(OC)c(OC)cc1Nc1ncncc1-c1nc(-c2ccsc2)no1. The molecular formula is C20H17N5O5S. The minimum Gasteiger partial charge on any atom is -0.493 e. The smallest absolute Gasteiger partial charge is 0.340 e. The Morgan fingerprint density at radius 3 is 2.68 bits per heavy atom. The van der Waals surface area contributed by atoms with Gasteiger partial charge in [-0.2, -0.15) is 16.3 Å². The predicted molar refractivity (Wildman–Crippen MR) is 113 cm³/mol. The van der Waals surface area contributed by atoms with Gasteiger partial charge in [0.1, 0.15) is 17.7 Å². The van der Waals surface area contributed by atoms with Crippen molar-refractivity contribution in [3.63, 3.8) is 0 Å². The highest BCUT2D eigenvalue weighted by molar-refractivity contribution is 7.08. The summed E-state index contributed by atoms with van der Waals surface area (Å²) in [4.78, 5) is 25.1. The van der Waals surface area contributed by atoms with Crippen molar-refractivity contribution in [1.82, 2.24) is 20.1 Å². The third-order valence-corrected chi connectivity index (χ3v) is 5.01. The zero-order valence-electron chi connectivity index (χ0n) is 16.8. The largest absolute Gasteiger partial charge is 0.493 e. The van der Waals surface area contributed by atoms with E-state index in [1.807, 2.05) is 16.8 Å². The number of hydrogen-bond acceptors (Lipinski definition) is 11. The van der Waals surface area contributed by atoms with Gasteiger partial charge < -0.3 is 24.1 Å². The molecule has 0 saturated carbocycles. The van der Waals surface area contributed by atoms with E-state index in [9.17, 15) is 4.79 Å². The molecule has 31 heavy (non-hydrogen) atoms. The van der Waals surface area contributed by atoms with Crippen LogP contribution in [0.4, 0.5) is 11.5 Å². The molecule has 0 saturated heterocycles. The molecule has 3 aromatic heterocycles. The summed E-state index contributed by atoms with van der Waals surface area (Å²) in [6, 6.07) is 5.03. The van der Waals surface area contributed by atoms with Crippen LogP contribution in [0, 0.1) is 0 Å². The number of esters is 1. The molecule has 0 aliphatic rings. The Kier molecular flexibility index (Phi) is 5.76. The van der Waals surface area contributed by atoms with Gasteiger partial charge in [-0.1, -0.05) is 5.16 Å². The summed E-state index contributed by atoms with van der Waals surface area (Å²) >= 11 is 1.53. The van der Waals surface area contributed by atoms with Crippen LogP contribution in [-0.4, -0.2) is 47.4 Å². The Balaban J connectivity index is 1.75. The maximum Gasteiger partial charge on any atom is 0.340 e. The Hall–Kier alpha value is -3.99. The molecule has 0 radical (unpaired) electrons. The van der Waals surface area contributed by atoms with Crippen molar-refractivity contribution in [2.45, 2.75) is 0 Å². The van der Waals surface area contributed by atoms with Crippen LogP contribution in [0.25, 0.3) is 22.8 Å². The number of aromatic nitrogens is 4. The minimum atomic E-state index is -0.559. The lowest BCUT2D eigenvalue weighted by Crippen LogP contribution is -2.08. The first-order chi connectivity index (χ1) is 15.1. The van der Waals surface area contributed by atoms with E-state index >= 15 is 0 Å². The molecule has 10 nitrogen and oxygen atoms in total. The Bertz CT molecular complexity index is 1210. The number of anilines is 2. The molecule has 0 aliphatic heterocycles. The van der Waals surface area contributed by atoms with Crippen LogP contribution in [0.1, 0.15) is 10.4 Å². The highest BCUT2D eigenvalue weighted by Gasteiger charge is 2.21. The Labute approximate surface area is 180 Å². The van der Waals surface area contributed by atoms with Gasteiger partial charge in [-0.25, -0.2) is 14.8 Å². The summed E-state index contributed by atoms with van der Waals surface area (Å²) in [7, 11) is 4.28. The van der Waals surface area contributed by atoms with Gasteiger partial charge in [0.15, 0.2) is 11.5 Å². The van der Waals surface area contributed by atoms with Crippen LogP contribution in [0.3, 0.4) is 0 Å². The molecule has 3 heterocycles. The summed E-state index contributed by atoms with van der Waals surface area (Å²) in [6.45, 7) is 0. The highest BCUT2D eigenvalue weighted by Crippen LogP contribution is 2.36. The van der Waals surface area contributed by atoms with Gasteiger partial charge in [0.05, 0.1) is 32.6 Å². The van der Waals surface area contributed by atoms with Crippen LogP contribution < -0.4 is 14.8 Å². The average molecular weight is 439 g/mol. The topological polar surface area (TPSA) is 121 Å². The van der Waals surface area contributed by atoms with Gasteiger partial charge in [0, 0.05) is 29.3 Å². The maximum atomic E-state index is 12.4. The summed E-state index contributed by atoms with van der Waals surface area (Å²) in [5.74, 6) is 1.28. The van der Waals surface area contributed by atoms with E-state index in [1.54, 1.807) is 12.3 Å². The van der Waals surface area contributed by atoms with Crippen LogP contribution in [0.2, 0.25) is 0 Å². The van der Waals surface area contributed by atoms with Crippen LogP contribution in [0.15, 0.2) is 46.0 Å². The van der Waals surface area contributed by atoms with E-state index in [0.29, 0.717) is 34.4 Å². The molecule has 0 spiro atoms. The number of nitrogens with one attached hydrogen (secondary N) is 1. The summed E-state index contributed by atoms with van der Waals surface area (Å²) in [6.07, 6.45) is 2.90. The quantitative estimate of drug-likeness (QED) is 0.425. The van der Waals surface area contributed by atoms with Crippen molar-refractivity contribution >= 4 is 28.8 Å². The lowest BCUT2D eigenvalue weighted by Gasteiger charge is -2.15. The lowest BCUT2D eigenvalue weighted by molar-refractivity contribution is 0.0601. The number of ether oxygens (including phenoxy) is 3.